The summed E-state index contributed by atoms with van der Waals surface area (Å²) in [6, 6.07) is 9.97. The van der Waals surface area contributed by atoms with Crippen molar-refractivity contribution >= 4 is 11.8 Å². The van der Waals surface area contributed by atoms with Crippen LogP contribution in [0.4, 0.5) is 0 Å². The number of aromatic nitrogens is 2. The molecule has 0 spiro atoms. The highest BCUT2D eigenvalue weighted by Crippen LogP contribution is 2.34. The summed E-state index contributed by atoms with van der Waals surface area (Å²) in [5.41, 5.74) is 2.05. The smallest absolute Gasteiger partial charge is 0.257 e. The number of hydrogen-bond acceptors (Lipinski definition) is 4. The van der Waals surface area contributed by atoms with E-state index in [1.54, 1.807) is 6.20 Å². The van der Waals surface area contributed by atoms with E-state index in [1.807, 2.05) is 65.6 Å². The minimum atomic E-state index is -0.578. The van der Waals surface area contributed by atoms with Crippen LogP contribution in [0.1, 0.15) is 41.9 Å². The van der Waals surface area contributed by atoms with E-state index in [2.05, 4.69) is 5.10 Å². The topological polar surface area (TPSA) is 67.7 Å². The predicted octanol–water partition coefficient (Wildman–Crippen LogP) is 2.24. The number of aryl methyl sites for hydroxylation is 1. The molecule has 0 saturated carbocycles. The van der Waals surface area contributed by atoms with E-state index in [4.69, 9.17) is 4.74 Å². The van der Waals surface area contributed by atoms with Crippen LogP contribution in [-0.4, -0.2) is 62.7 Å². The standard InChI is InChI=1S/C22H28N4O3/c1-4-26-16(2)18(12-23-26)21(28)24-11-10-19-22(3,15-24)29-14-20(27)25(19)13-17-8-6-5-7-9-17/h5-9,12,19H,4,10-11,13-15H2,1-3H3/t19-,22-/m1/s1. The second kappa shape index (κ2) is 7.63. The van der Waals surface area contributed by atoms with Gasteiger partial charge in [-0.1, -0.05) is 30.3 Å². The van der Waals surface area contributed by atoms with Crippen LogP contribution in [0.3, 0.4) is 0 Å². The molecule has 2 aromatic rings. The van der Waals surface area contributed by atoms with E-state index in [-0.39, 0.29) is 24.5 Å². The van der Waals surface area contributed by atoms with Gasteiger partial charge in [-0.15, -0.1) is 0 Å². The van der Waals surface area contributed by atoms with Gasteiger partial charge < -0.3 is 14.5 Å². The maximum atomic E-state index is 13.1. The Kier molecular flexibility index (Phi) is 5.17. The van der Waals surface area contributed by atoms with Gasteiger partial charge in [0.15, 0.2) is 0 Å². The molecule has 4 rings (SSSR count). The van der Waals surface area contributed by atoms with Crippen LogP contribution in [0, 0.1) is 6.92 Å². The number of ether oxygens (including phenoxy) is 1. The number of nitrogens with zero attached hydrogens (tertiary/aromatic N) is 4. The van der Waals surface area contributed by atoms with E-state index < -0.39 is 5.60 Å². The predicted molar refractivity (Wildman–Crippen MR) is 108 cm³/mol. The van der Waals surface area contributed by atoms with E-state index in [1.165, 1.54) is 0 Å². The fourth-order valence-corrected chi connectivity index (χ4v) is 4.55. The summed E-state index contributed by atoms with van der Waals surface area (Å²) in [6.07, 6.45) is 2.35. The molecule has 2 atom stereocenters. The monoisotopic (exact) mass is 396 g/mol. The Hall–Kier alpha value is -2.67. The molecule has 29 heavy (non-hydrogen) atoms. The van der Waals surface area contributed by atoms with Gasteiger partial charge in [0.05, 0.1) is 24.3 Å². The van der Waals surface area contributed by atoms with Crippen LogP contribution in [-0.2, 0) is 22.6 Å². The SMILES string of the molecule is CCn1ncc(C(=O)N2CC[C@H]3N(Cc4ccccc4)C(=O)CO[C@]3(C)C2)c1C. The second-order valence-electron chi connectivity index (χ2n) is 8.10. The van der Waals surface area contributed by atoms with Crippen LogP contribution in [0.5, 0.6) is 0 Å². The molecule has 0 unspecified atom stereocenters. The lowest BCUT2D eigenvalue weighted by Gasteiger charge is -2.52. The Bertz CT molecular complexity index is 910. The van der Waals surface area contributed by atoms with Crippen molar-refractivity contribution < 1.29 is 14.3 Å². The number of rotatable bonds is 4. The summed E-state index contributed by atoms with van der Waals surface area (Å²) < 4.78 is 7.85. The largest absolute Gasteiger partial charge is 0.361 e. The third kappa shape index (κ3) is 3.55. The van der Waals surface area contributed by atoms with Crippen LogP contribution in [0.25, 0.3) is 0 Å². The van der Waals surface area contributed by atoms with Gasteiger partial charge in [-0.25, -0.2) is 0 Å². The van der Waals surface area contributed by atoms with Crippen LogP contribution in [0.2, 0.25) is 0 Å². The first-order valence-electron chi connectivity index (χ1n) is 10.2. The summed E-state index contributed by atoms with van der Waals surface area (Å²) in [7, 11) is 0. The molecule has 0 N–H and O–H groups in total. The molecule has 154 valence electrons. The van der Waals surface area contributed by atoms with E-state index in [9.17, 15) is 9.59 Å². The summed E-state index contributed by atoms with van der Waals surface area (Å²) in [5.74, 6) is -0.00634. The zero-order valence-corrected chi connectivity index (χ0v) is 17.3. The van der Waals surface area contributed by atoms with Crippen molar-refractivity contribution in [2.24, 2.45) is 0 Å². The Morgan fingerprint density at radius 2 is 2.07 bits per heavy atom. The fraction of sp³-hybridized carbons (Fsp3) is 0.500. The highest BCUT2D eigenvalue weighted by molar-refractivity contribution is 5.95. The first-order valence-corrected chi connectivity index (χ1v) is 10.2. The summed E-state index contributed by atoms with van der Waals surface area (Å²) >= 11 is 0. The van der Waals surface area contributed by atoms with Crippen molar-refractivity contribution in [3.8, 4) is 0 Å². The van der Waals surface area contributed by atoms with Gasteiger partial charge in [0, 0.05) is 25.3 Å². The molecule has 2 amide bonds. The number of carbonyl (C=O) groups excluding carboxylic acids is 2. The first-order chi connectivity index (χ1) is 13.9. The van der Waals surface area contributed by atoms with Gasteiger partial charge in [0.25, 0.3) is 5.91 Å². The zero-order valence-electron chi connectivity index (χ0n) is 17.3. The Morgan fingerprint density at radius 3 is 2.76 bits per heavy atom. The van der Waals surface area contributed by atoms with Gasteiger partial charge in [-0.05, 0) is 32.8 Å². The van der Waals surface area contributed by atoms with E-state index in [0.29, 0.717) is 31.6 Å². The molecule has 2 aliphatic heterocycles. The van der Waals surface area contributed by atoms with Crippen molar-refractivity contribution in [1.29, 1.82) is 0 Å². The van der Waals surface area contributed by atoms with Crippen molar-refractivity contribution in [2.75, 3.05) is 19.7 Å². The zero-order chi connectivity index (χ0) is 20.6. The van der Waals surface area contributed by atoms with Gasteiger partial charge in [-0.2, -0.15) is 5.10 Å². The molecule has 1 aromatic carbocycles. The highest BCUT2D eigenvalue weighted by atomic mass is 16.5. The van der Waals surface area contributed by atoms with Crippen LogP contribution in [0.15, 0.2) is 36.5 Å². The number of morpholine rings is 1. The minimum absolute atomic E-state index is 0.0103. The number of likely N-dealkylation sites (tertiary alicyclic amines) is 1. The number of amides is 2. The Labute approximate surface area is 171 Å². The molecule has 2 aliphatic rings. The number of carbonyl (C=O) groups is 2. The fourth-order valence-electron chi connectivity index (χ4n) is 4.55. The lowest BCUT2D eigenvalue weighted by Crippen LogP contribution is -2.67. The second-order valence-corrected chi connectivity index (χ2v) is 8.10. The lowest BCUT2D eigenvalue weighted by molar-refractivity contribution is -0.186. The van der Waals surface area contributed by atoms with Crippen LogP contribution < -0.4 is 0 Å². The summed E-state index contributed by atoms with van der Waals surface area (Å²) in [5, 5.41) is 4.30. The Morgan fingerprint density at radius 1 is 1.31 bits per heavy atom. The maximum absolute atomic E-state index is 13.1. The van der Waals surface area contributed by atoms with Crippen molar-refractivity contribution in [1.82, 2.24) is 19.6 Å². The molecule has 0 radical (unpaired) electrons. The summed E-state index contributed by atoms with van der Waals surface area (Å²) in [6.45, 7) is 8.37. The number of benzene rings is 1. The van der Waals surface area contributed by atoms with Gasteiger partial charge in [0.1, 0.15) is 12.2 Å². The molecule has 7 nitrogen and oxygen atoms in total. The summed E-state index contributed by atoms with van der Waals surface area (Å²) in [4.78, 5) is 29.5. The number of fused-ring (bicyclic) bond motifs is 1. The van der Waals surface area contributed by atoms with Crippen molar-refractivity contribution in [3.05, 3.63) is 53.3 Å². The molecule has 2 saturated heterocycles. The molecule has 0 bridgehead atoms. The third-order valence-corrected chi connectivity index (χ3v) is 6.22. The molecular weight excluding hydrogens is 368 g/mol. The lowest BCUT2D eigenvalue weighted by atomic mass is 9.85. The third-order valence-electron chi connectivity index (χ3n) is 6.22. The maximum Gasteiger partial charge on any atom is 0.257 e. The molecular formula is C22H28N4O3. The molecule has 3 heterocycles. The molecule has 7 heteroatoms. The molecule has 0 aliphatic carbocycles. The average molecular weight is 396 g/mol. The Balaban J connectivity index is 1.53. The molecule has 1 aromatic heterocycles. The van der Waals surface area contributed by atoms with Gasteiger partial charge >= 0.3 is 0 Å². The van der Waals surface area contributed by atoms with Gasteiger partial charge in [0.2, 0.25) is 5.91 Å². The average Bonchev–Trinajstić information content (AvgIpc) is 3.10. The quantitative estimate of drug-likeness (QED) is 0.795. The van der Waals surface area contributed by atoms with E-state index >= 15 is 0 Å². The highest BCUT2D eigenvalue weighted by Gasteiger charge is 2.49. The normalized spacial score (nSPS) is 24.5. The number of hydrogen-bond donors (Lipinski definition) is 0. The number of piperidine rings is 1. The van der Waals surface area contributed by atoms with Crippen molar-refractivity contribution in [3.63, 3.8) is 0 Å². The van der Waals surface area contributed by atoms with Crippen LogP contribution >= 0.6 is 0 Å². The first kappa shape index (κ1) is 19.6. The van der Waals surface area contributed by atoms with E-state index in [0.717, 1.165) is 17.8 Å². The minimum Gasteiger partial charge on any atom is -0.361 e. The van der Waals surface area contributed by atoms with Gasteiger partial charge in [-0.3, -0.25) is 14.3 Å². The van der Waals surface area contributed by atoms with Crippen molar-refractivity contribution in [2.45, 2.75) is 51.9 Å². The molecule has 2 fully saturated rings.